The monoisotopic (exact) mass is 470 g/mol. The van der Waals surface area contributed by atoms with Gasteiger partial charge in [0.1, 0.15) is 6.04 Å². The van der Waals surface area contributed by atoms with Crippen LogP contribution in [0.15, 0.2) is 60.7 Å². The van der Waals surface area contributed by atoms with E-state index in [-0.39, 0.29) is 10.6 Å². The Morgan fingerprint density at radius 3 is 2.06 bits per heavy atom. The van der Waals surface area contributed by atoms with E-state index in [0.717, 1.165) is 10.0 Å². The minimum absolute atomic E-state index is 0.0959. The molecule has 4 rings (SSSR count). The molecular formula is C24H20Cl2N2O4. The molecular weight excluding hydrogens is 451 g/mol. The molecule has 0 bridgehead atoms. The second kappa shape index (κ2) is 8.88. The number of hydrogen-bond acceptors (Lipinski definition) is 4. The lowest BCUT2D eigenvalue weighted by Crippen LogP contribution is -2.56. The maximum Gasteiger partial charge on any atom is 0.275 e. The molecule has 1 aliphatic carbocycles. The highest BCUT2D eigenvalue weighted by Gasteiger charge is 2.52. The average Bonchev–Trinajstić information content (AvgIpc) is 3.05. The number of imide groups is 1. The van der Waals surface area contributed by atoms with Crippen molar-refractivity contribution in [3.63, 3.8) is 0 Å². The number of hydrazine groups is 1. The van der Waals surface area contributed by atoms with Gasteiger partial charge in [0.25, 0.3) is 17.7 Å². The maximum atomic E-state index is 13.6. The number of Topliss-reactive ketones (excluding diaryl/α,β-unsaturated/α-hetero) is 1. The number of fused-ring (bicyclic) bond motifs is 1. The standard InChI is InChI=1S/C24H20Cl2N2O4/c1-14(21(29)15-10-12-16(25)13-11-15)27(24(32)19-8-4-5-9-20(19)26)28-22(30)17-6-2-3-7-18(17)23(28)31/h2-5,8-14,17-18H,6-7H2,1H3/t14-,17-,18-/m1/s1. The molecule has 8 heteroatoms. The molecule has 1 fully saturated rings. The van der Waals surface area contributed by atoms with Gasteiger partial charge < -0.3 is 0 Å². The van der Waals surface area contributed by atoms with Crippen LogP contribution in [-0.2, 0) is 9.59 Å². The Morgan fingerprint density at radius 1 is 0.938 bits per heavy atom. The SMILES string of the molecule is C[C@H](C(=O)c1ccc(Cl)cc1)N(C(=O)c1ccccc1Cl)N1C(=O)[C@@H]2CC=CC[C@H]2C1=O. The van der Waals surface area contributed by atoms with Gasteiger partial charge in [-0.2, -0.15) is 5.01 Å². The van der Waals surface area contributed by atoms with Crippen molar-refractivity contribution in [3.05, 3.63) is 81.9 Å². The molecule has 0 spiro atoms. The Hall–Kier alpha value is -2.96. The van der Waals surface area contributed by atoms with Crippen LogP contribution in [-0.4, -0.2) is 39.6 Å². The molecule has 2 aromatic rings. The van der Waals surface area contributed by atoms with E-state index < -0.39 is 41.4 Å². The molecule has 2 aliphatic rings. The number of rotatable bonds is 5. The molecule has 1 saturated heterocycles. The lowest BCUT2D eigenvalue weighted by molar-refractivity contribution is -0.156. The minimum atomic E-state index is -1.14. The molecule has 0 saturated carbocycles. The predicted octanol–water partition coefficient (Wildman–Crippen LogP) is 4.57. The van der Waals surface area contributed by atoms with Gasteiger partial charge >= 0.3 is 0 Å². The molecule has 1 aliphatic heterocycles. The Balaban J connectivity index is 1.76. The smallest absolute Gasteiger partial charge is 0.275 e. The van der Waals surface area contributed by atoms with Crippen LogP contribution in [0.5, 0.6) is 0 Å². The van der Waals surface area contributed by atoms with Gasteiger partial charge in [-0.05, 0) is 56.2 Å². The third kappa shape index (κ3) is 3.85. The van der Waals surface area contributed by atoms with Crippen molar-refractivity contribution in [1.29, 1.82) is 0 Å². The first-order chi connectivity index (χ1) is 15.3. The number of benzene rings is 2. The Kier molecular flexibility index (Phi) is 6.17. The molecule has 0 aromatic heterocycles. The molecule has 0 N–H and O–H groups in total. The number of halogens is 2. The van der Waals surface area contributed by atoms with Crippen LogP contribution in [0.3, 0.4) is 0 Å². The molecule has 6 nitrogen and oxygen atoms in total. The van der Waals surface area contributed by atoms with Gasteiger partial charge in [-0.3, -0.25) is 19.2 Å². The van der Waals surface area contributed by atoms with Gasteiger partial charge in [-0.1, -0.05) is 47.5 Å². The van der Waals surface area contributed by atoms with Crippen LogP contribution in [0.4, 0.5) is 0 Å². The molecule has 0 radical (unpaired) electrons. The molecule has 164 valence electrons. The van der Waals surface area contributed by atoms with Crippen molar-refractivity contribution in [2.75, 3.05) is 0 Å². The van der Waals surface area contributed by atoms with E-state index in [9.17, 15) is 19.2 Å². The van der Waals surface area contributed by atoms with Crippen LogP contribution >= 0.6 is 23.2 Å². The number of ketones is 1. The maximum absolute atomic E-state index is 13.6. The van der Waals surface area contributed by atoms with E-state index in [4.69, 9.17) is 23.2 Å². The van der Waals surface area contributed by atoms with Crippen molar-refractivity contribution >= 4 is 46.7 Å². The number of nitrogens with zero attached hydrogens (tertiary/aromatic N) is 2. The highest BCUT2D eigenvalue weighted by molar-refractivity contribution is 6.34. The van der Waals surface area contributed by atoms with Crippen LogP contribution < -0.4 is 0 Å². The summed E-state index contributed by atoms with van der Waals surface area (Å²) in [5, 5.41) is 2.43. The fraction of sp³-hybridized carbons (Fsp3) is 0.250. The summed E-state index contributed by atoms with van der Waals surface area (Å²) in [5.41, 5.74) is 0.399. The first-order valence-corrected chi connectivity index (χ1v) is 11.0. The van der Waals surface area contributed by atoms with Crippen LogP contribution in [0.25, 0.3) is 0 Å². The van der Waals surface area contributed by atoms with Crippen molar-refractivity contribution in [1.82, 2.24) is 10.0 Å². The van der Waals surface area contributed by atoms with Gasteiger partial charge in [-0.15, -0.1) is 0 Å². The summed E-state index contributed by atoms with van der Waals surface area (Å²) in [7, 11) is 0. The summed E-state index contributed by atoms with van der Waals surface area (Å²) >= 11 is 12.2. The molecule has 1 heterocycles. The van der Waals surface area contributed by atoms with E-state index in [1.165, 1.54) is 31.2 Å². The van der Waals surface area contributed by atoms with E-state index in [1.807, 2.05) is 12.2 Å². The molecule has 2 aromatic carbocycles. The molecule has 3 amide bonds. The fourth-order valence-electron chi connectivity index (χ4n) is 4.16. The van der Waals surface area contributed by atoms with Crippen LogP contribution in [0, 0.1) is 11.8 Å². The Labute approximate surface area is 195 Å². The summed E-state index contributed by atoms with van der Waals surface area (Å²) in [5.74, 6) is -3.20. The highest BCUT2D eigenvalue weighted by Crippen LogP contribution is 2.37. The summed E-state index contributed by atoms with van der Waals surface area (Å²) < 4.78 is 0. The van der Waals surface area contributed by atoms with Gasteiger partial charge in [0, 0.05) is 10.6 Å². The van der Waals surface area contributed by atoms with Crippen molar-refractivity contribution in [3.8, 4) is 0 Å². The van der Waals surface area contributed by atoms with Gasteiger partial charge in [0.2, 0.25) is 0 Å². The molecule has 32 heavy (non-hydrogen) atoms. The summed E-state index contributed by atoms with van der Waals surface area (Å²) in [4.78, 5) is 53.3. The van der Waals surface area contributed by atoms with Crippen molar-refractivity contribution in [2.45, 2.75) is 25.8 Å². The number of carbonyl (C=O) groups excluding carboxylic acids is 4. The van der Waals surface area contributed by atoms with Crippen LogP contribution in [0.2, 0.25) is 10.0 Å². The molecule has 0 unspecified atom stereocenters. The lowest BCUT2D eigenvalue weighted by atomic mass is 9.85. The zero-order valence-electron chi connectivity index (χ0n) is 17.2. The average molecular weight is 471 g/mol. The Morgan fingerprint density at radius 2 is 1.50 bits per heavy atom. The van der Waals surface area contributed by atoms with E-state index in [1.54, 1.807) is 24.3 Å². The van der Waals surface area contributed by atoms with Crippen molar-refractivity contribution in [2.24, 2.45) is 11.8 Å². The number of amides is 3. The largest absolute Gasteiger partial charge is 0.292 e. The fourth-order valence-corrected chi connectivity index (χ4v) is 4.50. The minimum Gasteiger partial charge on any atom is -0.292 e. The second-order valence-corrected chi connectivity index (χ2v) is 8.66. The summed E-state index contributed by atoms with van der Waals surface area (Å²) in [6.45, 7) is 1.49. The number of carbonyl (C=O) groups is 4. The normalized spacial score (nSPS) is 20.8. The van der Waals surface area contributed by atoms with E-state index >= 15 is 0 Å². The summed E-state index contributed by atoms with van der Waals surface area (Å²) in [6.07, 6.45) is 4.55. The zero-order chi connectivity index (χ0) is 23.0. The predicted molar refractivity (Wildman–Crippen MR) is 120 cm³/mol. The van der Waals surface area contributed by atoms with Crippen molar-refractivity contribution < 1.29 is 19.2 Å². The zero-order valence-corrected chi connectivity index (χ0v) is 18.7. The quantitative estimate of drug-likeness (QED) is 0.364. The topological polar surface area (TPSA) is 74.8 Å². The first-order valence-electron chi connectivity index (χ1n) is 10.2. The third-order valence-electron chi connectivity index (χ3n) is 5.89. The number of allylic oxidation sites excluding steroid dienone is 2. The van der Waals surface area contributed by atoms with E-state index in [2.05, 4.69) is 0 Å². The second-order valence-electron chi connectivity index (χ2n) is 7.82. The lowest BCUT2D eigenvalue weighted by Gasteiger charge is -2.35. The van der Waals surface area contributed by atoms with Crippen LogP contribution in [0.1, 0.15) is 40.5 Å². The van der Waals surface area contributed by atoms with E-state index in [0.29, 0.717) is 23.4 Å². The van der Waals surface area contributed by atoms with Gasteiger partial charge in [-0.25, -0.2) is 5.01 Å². The summed E-state index contributed by atoms with van der Waals surface area (Å²) in [6, 6.07) is 11.4. The highest BCUT2D eigenvalue weighted by atomic mass is 35.5. The Bertz CT molecular complexity index is 1100. The number of hydrogen-bond donors (Lipinski definition) is 0. The van der Waals surface area contributed by atoms with Gasteiger partial charge in [0.05, 0.1) is 22.4 Å². The molecule has 3 atom stereocenters. The van der Waals surface area contributed by atoms with Gasteiger partial charge in [0.15, 0.2) is 5.78 Å². The third-order valence-corrected chi connectivity index (χ3v) is 6.47. The first kappa shape index (κ1) is 22.2.